The van der Waals surface area contributed by atoms with Crippen LogP contribution in [-0.2, 0) is 0 Å². The highest BCUT2D eigenvalue weighted by Gasteiger charge is 2.25. The fraction of sp³-hybridized carbons (Fsp3) is 0.758. The summed E-state index contributed by atoms with van der Waals surface area (Å²) in [6.07, 6.45) is 77.5. The van der Waals surface area contributed by atoms with Gasteiger partial charge in [-0.2, -0.15) is 0 Å². The molecule has 0 saturated carbocycles. The van der Waals surface area contributed by atoms with Gasteiger partial charge in [0.25, 0.3) is 0 Å². The molecule has 0 fully saturated rings. The minimum absolute atomic E-state index is 0.655. The Labute approximate surface area is 630 Å². The van der Waals surface area contributed by atoms with Crippen molar-refractivity contribution in [2.45, 2.75) is 427 Å². The van der Waals surface area contributed by atoms with Gasteiger partial charge in [-0.25, -0.2) is 4.42 Å². The van der Waals surface area contributed by atoms with Gasteiger partial charge in [-0.1, -0.05) is 394 Å². The molecule has 4 aromatic rings. The van der Waals surface area contributed by atoms with Crippen LogP contribution in [0.4, 0.5) is 0 Å². The molecular weight excluding hydrogens is 1250 g/mol. The van der Waals surface area contributed by atoms with Crippen LogP contribution >= 0.6 is 0 Å². The van der Waals surface area contributed by atoms with E-state index in [9.17, 15) is 0 Å². The van der Waals surface area contributed by atoms with E-state index in [1.807, 2.05) is 0 Å². The van der Waals surface area contributed by atoms with Crippen molar-refractivity contribution in [2.24, 2.45) is 0 Å². The lowest BCUT2D eigenvalue weighted by molar-refractivity contribution is 0.258. The van der Waals surface area contributed by atoms with E-state index in [1.54, 1.807) is 0 Å². The van der Waals surface area contributed by atoms with Crippen molar-refractivity contribution < 1.29 is 32.8 Å². The van der Waals surface area contributed by atoms with Gasteiger partial charge in [-0.05, 0) is 80.5 Å². The zero-order valence-electron chi connectivity index (χ0n) is 67.9. The van der Waals surface area contributed by atoms with E-state index in [1.165, 1.54) is 347 Å². The molecule has 1 aromatic heterocycles. The second-order valence-corrected chi connectivity index (χ2v) is 30.7. The highest BCUT2D eigenvalue weighted by Crippen LogP contribution is 2.42. The van der Waals surface area contributed by atoms with Gasteiger partial charge in [-0.15, -0.1) is 0 Å². The summed E-state index contributed by atoms with van der Waals surface area (Å²) in [4.78, 5) is 0. The Bertz CT molecular complexity index is 2220. The number of ether oxygens (including phenoxy) is 6. The molecule has 0 bridgehead atoms. The summed E-state index contributed by atoms with van der Waals surface area (Å²) in [5.74, 6) is 6.37. The molecule has 0 aliphatic carbocycles. The lowest BCUT2D eigenvalue weighted by Gasteiger charge is -2.15. The summed E-state index contributed by atoms with van der Waals surface area (Å²) in [5.41, 5.74) is 4.00. The lowest BCUT2D eigenvalue weighted by atomic mass is 10.0. The Morgan fingerprint density at radius 3 is 0.539 bits per heavy atom. The van der Waals surface area contributed by atoms with Gasteiger partial charge in [0.1, 0.15) is 0 Å². The molecule has 7 heteroatoms. The highest BCUT2D eigenvalue weighted by molar-refractivity contribution is 5.77. The van der Waals surface area contributed by atoms with Crippen LogP contribution < -0.4 is 28.4 Å². The Balaban J connectivity index is 1.71. The molecule has 0 aliphatic heterocycles. The van der Waals surface area contributed by atoms with Crippen molar-refractivity contribution in [3.05, 3.63) is 66.7 Å². The molecule has 4 rings (SSSR count). The monoisotopic (exact) mass is 1410 g/mol. The summed E-state index contributed by atoms with van der Waals surface area (Å²) in [5, 5.41) is 0. The average Bonchev–Trinajstić information content (AvgIpc) is 0.788. The second-order valence-electron chi connectivity index (χ2n) is 30.7. The third-order valence-corrected chi connectivity index (χ3v) is 21.1. The fourth-order valence-electron chi connectivity index (χ4n) is 14.3. The zero-order chi connectivity index (χ0) is 72.3. The minimum Gasteiger partial charge on any atom is -0.490 e. The predicted octanol–water partition coefficient (Wildman–Crippen LogP) is 32.4. The van der Waals surface area contributed by atoms with Crippen molar-refractivity contribution in [2.75, 3.05) is 39.6 Å². The number of hydrogen-bond acceptors (Lipinski definition) is 6. The molecule has 0 unspecified atom stereocenters. The molecule has 0 aliphatic rings. The van der Waals surface area contributed by atoms with Crippen molar-refractivity contribution >= 4 is 0 Å². The van der Waals surface area contributed by atoms with Crippen LogP contribution in [0.25, 0.3) is 33.8 Å². The van der Waals surface area contributed by atoms with Gasteiger partial charge < -0.3 is 28.4 Å². The molecule has 7 nitrogen and oxygen atoms in total. The minimum atomic E-state index is 0.655. The molecule has 0 amide bonds. The number of hydrogen-bond donors (Lipinski definition) is 0. The average molecular weight is 1420 g/mol. The van der Waals surface area contributed by atoms with Gasteiger partial charge in [-0.3, -0.25) is 0 Å². The van der Waals surface area contributed by atoms with E-state index in [4.69, 9.17) is 32.8 Å². The molecule has 0 atom stereocenters. The van der Waals surface area contributed by atoms with Crippen LogP contribution in [0.15, 0.2) is 71.1 Å². The van der Waals surface area contributed by atoms with Crippen molar-refractivity contribution in [1.82, 2.24) is 0 Å². The van der Waals surface area contributed by atoms with E-state index in [0.717, 1.165) is 107 Å². The van der Waals surface area contributed by atoms with Gasteiger partial charge in [0.05, 0.1) is 62.9 Å². The van der Waals surface area contributed by atoms with Crippen LogP contribution in [0.1, 0.15) is 427 Å². The van der Waals surface area contributed by atoms with Crippen molar-refractivity contribution in [3.8, 4) is 68.3 Å². The van der Waals surface area contributed by atoms with E-state index in [-0.39, 0.29) is 0 Å². The van der Waals surface area contributed by atoms with Crippen molar-refractivity contribution in [3.63, 3.8) is 0 Å². The Morgan fingerprint density at radius 2 is 0.333 bits per heavy atom. The summed E-state index contributed by atoms with van der Waals surface area (Å²) < 4.78 is 47.8. The topological polar surface area (TPSA) is 66.7 Å². The number of unbranched alkanes of at least 4 members (excludes halogenated alkanes) is 54. The molecule has 582 valence electrons. The summed E-state index contributed by atoms with van der Waals surface area (Å²) in [6, 6.07) is 24.0. The SMILES string of the molecule is CCCCCCCCCCCCOc1ccc(-c2cc(-c3ccc(OCCCCCCCCCCCC)c(OCCCCCCCCCCCC)c3)[o+]c(-c3ccc(OCCCCCCCCCCCC)c(OCCCCCCCCCCCC)c3)c2)cc1OCCCCCCCCCCCC. The van der Waals surface area contributed by atoms with Gasteiger partial charge >= 0.3 is 11.5 Å². The normalized spacial score (nSPS) is 11.5. The molecule has 0 saturated heterocycles. The van der Waals surface area contributed by atoms with Gasteiger partial charge in [0.15, 0.2) is 34.5 Å². The fourth-order valence-corrected chi connectivity index (χ4v) is 14.3. The highest BCUT2D eigenvalue weighted by atomic mass is 16.5. The quantitative estimate of drug-likeness (QED) is 0.0322. The summed E-state index contributed by atoms with van der Waals surface area (Å²) in [7, 11) is 0. The van der Waals surface area contributed by atoms with Crippen LogP contribution in [0.5, 0.6) is 34.5 Å². The van der Waals surface area contributed by atoms with Gasteiger partial charge in [0.2, 0.25) is 0 Å². The molecule has 3 aromatic carbocycles. The third kappa shape index (κ3) is 45.9. The largest absolute Gasteiger partial charge is 0.490 e. The van der Waals surface area contributed by atoms with Crippen molar-refractivity contribution in [1.29, 1.82) is 0 Å². The molecular formula is C95H161O7+. The summed E-state index contributed by atoms with van der Waals surface area (Å²) >= 11 is 0. The van der Waals surface area contributed by atoms with Crippen LogP contribution in [0, 0.1) is 0 Å². The Morgan fingerprint density at radius 1 is 0.167 bits per heavy atom. The zero-order valence-corrected chi connectivity index (χ0v) is 67.9. The predicted molar refractivity (Wildman–Crippen MR) is 443 cm³/mol. The van der Waals surface area contributed by atoms with Crippen LogP contribution in [-0.4, -0.2) is 39.6 Å². The maximum Gasteiger partial charge on any atom is 0.361 e. The van der Waals surface area contributed by atoms with E-state index in [0.29, 0.717) is 39.6 Å². The van der Waals surface area contributed by atoms with Crippen LogP contribution in [0.2, 0.25) is 0 Å². The number of benzene rings is 3. The number of rotatable bonds is 75. The van der Waals surface area contributed by atoms with Gasteiger partial charge in [0, 0.05) is 17.7 Å². The van der Waals surface area contributed by atoms with Crippen LogP contribution in [0.3, 0.4) is 0 Å². The Hall–Kier alpha value is -4.39. The first-order valence-corrected chi connectivity index (χ1v) is 44.7. The first-order valence-electron chi connectivity index (χ1n) is 44.7. The van der Waals surface area contributed by atoms with E-state index in [2.05, 4.69) is 108 Å². The van der Waals surface area contributed by atoms with E-state index >= 15 is 0 Å². The molecule has 0 spiro atoms. The first kappa shape index (κ1) is 90.0. The second kappa shape index (κ2) is 66.1. The maximum atomic E-state index is 7.24. The maximum absolute atomic E-state index is 7.24. The first-order chi connectivity index (χ1) is 50.5. The summed E-state index contributed by atoms with van der Waals surface area (Å²) in [6.45, 7) is 17.8. The molecule has 0 radical (unpaired) electrons. The molecule has 0 N–H and O–H groups in total. The molecule has 102 heavy (non-hydrogen) atoms. The Kier molecular flexibility index (Phi) is 58.3. The van der Waals surface area contributed by atoms with E-state index < -0.39 is 0 Å². The molecule has 1 heterocycles. The smallest absolute Gasteiger partial charge is 0.361 e. The third-order valence-electron chi connectivity index (χ3n) is 21.1. The standard InChI is InChI=1S/C95H161O7/c1-7-13-19-25-31-37-43-49-55-61-73-96-88-70-67-84(79-93(88)99-76-64-58-52-46-40-34-28-22-16-10-4)87-82-91(85-68-71-89(97-74-62-56-50-44-38-32-26-20-14-8-2)94(80-85)100-77-65-59-53-47-41-35-29-23-17-11-5)102-92(83-87)86-69-72-90(98-75-63-57-51-45-39-33-27-21-15-9-3)95(81-86)101-78-66-60-54-48-42-36-30-24-18-12-6/h67-72,79-83H,7-66,73-78H2,1-6H3/q+1. The lowest BCUT2D eigenvalue weighted by Crippen LogP contribution is -2.03.